The van der Waals surface area contributed by atoms with Crippen LogP contribution in [0.4, 0.5) is 0 Å². The van der Waals surface area contributed by atoms with Crippen molar-refractivity contribution in [3.63, 3.8) is 0 Å². The lowest BCUT2D eigenvalue weighted by atomic mass is 10.1. The molecule has 1 unspecified atom stereocenters. The Morgan fingerprint density at radius 1 is 1.37 bits per heavy atom. The van der Waals surface area contributed by atoms with Gasteiger partial charge in [-0.3, -0.25) is 4.98 Å². The van der Waals surface area contributed by atoms with Gasteiger partial charge in [-0.2, -0.15) is 0 Å². The zero-order chi connectivity index (χ0) is 13.4. The van der Waals surface area contributed by atoms with Crippen LogP contribution in [0.25, 0.3) is 10.2 Å². The van der Waals surface area contributed by atoms with Crippen LogP contribution in [-0.4, -0.2) is 15.1 Å². The Hall–Kier alpha value is -1.30. The minimum atomic E-state index is -0.538. The molecule has 0 spiro atoms. The second-order valence-electron chi connectivity index (χ2n) is 4.54. The Morgan fingerprint density at radius 2 is 2.21 bits per heavy atom. The van der Waals surface area contributed by atoms with E-state index in [4.69, 9.17) is 0 Å². The number of aliphatic hydroxyl groups is 1. The zero-order valence-corrected chi connectivity index (χ0v) is 12.4. The minimum Gasteiger partial charge on any atom is -0.388 e. The number of aliphatic hydroxyl groups excluding tert-OH is 1. The molecule has 0 aromatic carbocycles. The van der Waals surface area contributed by atoms with Crippen LogP contribution in [-0.2, 0) is 6.42 Å². The highest BCUT2D eigenvalue weighted by Crippen LogP contribution is 2.26. The first-order chi connectivity index (χ1) is 9.13. The highest BCUT2D eigenvalue weighted by Gasteiger charge is 2.13. The molecule has 1 N–H and O–H groups in total. The third-order valence-corrected chi connectivity index (χ3v) is 5.10. The van der Waals surface area contributed by atoms with Gasteiger partial charge in [0.1, 0.15) is 0 Å². The summed E-state index contributed by atoms with van der Waals surface area (Å²) in [5.41, 5.74) is 2.90. The molecule has 0 bridgehead atoms. The number of fused-ring (bicyclic) bond motifs is 1. The van der Waals surface area contributed by atoms with Crippen LogP contribution in [0.1, 0.15) is 27.2 Å². The van der Waals surface area contributed by atoms with Gasteiger partial charge in [-0.05, 0) is 31.4 Å². The molecule has 0 aliphatic carbocycles. The summed E-state index contributed by atoms with van der Waals surface area (Å²) < 4.78 is 1.11. The third kappa shape index (κ3) is 2.54. The van der Waals surface area contributed by atoms with Crippen LogP contribution in [0, 0.1) is 13.8 Å². The SMILES string of the molecule is Cc1nc(CC(O)c2cnc3ccsc3c2)sc1C. The van der Waals surface area contributed by atoms with Crippen molar-refractivity contribution >= 4 is 32.9 Å². The van der Waals surface area contributed by atoms with E-state index in [1.54, 1.807) is 28.9 Å². The van der Waals surface area contributed by atoms with Gasteiger partial charge in [-0.25, -0.2) is 4.98 Å². The highest BCUT2D eigenvalue weighted by molar-refractivity contribution is 7.17. The molecule has 0 aliphatic rings. The molecule has 0 radical (unpaired) electrons. The number of aryl methyl sites for hydroxylation is 2. The Bertz CT molecular complexity index is 698. The molecular weight excluding hydrogens is 276 g/mol. The van der Waals surface area contributed by atoms with Gasteiger partial charge >= 0.3 is 0 Å². The van der Waals surface area contributed by atoms with Crippen molar-refractivity contribution in [3.05, 3.63) is 44.9 Å². The van der Waals surface area contributed by atoms with Crippen LogP contribution in [0.3, 0.4) is 0 Å². The van der Waals surface area contributed by atoms with E-state index in [1.807, 2.05) is 24.4 Å². The fraction of sp³-hybridized carbons (Fsp3) is 0.286. The standard InChI is InChI=1S/C14H14N2OS2/c1-8-9(2)19-14(16-8)6-12(17)10-5-13-11(15-7-10)3-4-18-13/h3-5,7,12,17H,6H2,1-2H3. The van der Waals surface area contributed by atoms with E-state index in [0.29, 0.717) is 6.42 Å². The van der Waals surface area contributed by atoms with Crippen molar-refractivity contribution in [1.29, 1.82) is 0 Å². The fourth-order valence-corrected chi connectivity index (χ4v) is 3.71. The van der Waals surface area contributed by atoms with E-state index >= 15 is 0 Å². The molecule has 3 aromatic heterocycles. The summed E-state index contributed by atoms with van der Waals surface area (Å²) in [6.45, 7) is 4.06. The number of rotatable bonds is 3. The van der Waals surface area contributed by atoms with Gasteiger partial charge in [-0.1, -0.05) is 0 Å². The van der Waals surface area contributed by atoms with Crippen molar-refractivity contribution in [2.45, 2.75) is 26.4 Å². The van der Waals surface area contributed by atoms with E-state index in [0.717, 1.165) is 26.5 Å². The van der Waals surface area contributed by atoms with Crippen LogP contribution in [0.15, 0.2) is 23.7 Å². The molecule has 0 saturated carbocycles. The molecule has 0 amide bonds. The number of hydrogen-bond acceptors (Lipinski definition) is 5. The van der Waals surface area contributed by atoms with Gasteiger partial charge in [0.2, 0.25) is 0 Å². The number of hydrogen-bond donors (Lipinski definition) is 1. The fourth-order valence-electron chi connectivity index (χ4n) is 1.95. The second kappa shape index (κ2) is 5.00. The Morgan fingerprint density at radius 3 is 2.95 bits per heavy atom. The molecule has 5 heteroatoms. The molecule has 0 aliphatic heterocycles. The first-order valence-corrected chi connectivity index (χ1v) is 7.77. The molecule has 0 fully saturated rings. The molecular formula is C14H14N2OS2. The molecule has 3 heterocycles. The Balaban J connectivity index is 1.84. The van der Waals surface area contributed by atoms with Gasteiger partial charge < -0.3 is 5.11 Å². The summed E-state index contributed by atoms with van der Waals surface area (Å²) in [5.74, 6) is 0. The quantitative estimate of drug-likeness (QED) is 0.801. The normalized spacial score (nSPS) is 13.0. The van der Waals surface area contributed by atoms with Gasteiger partial charge in [0, 0.05) is 23.1 Å². The predicted molar refractivity (Wildman–Crippen MR) is 79.9 cm³/mol. The molecule has 3 nitrogen and oxygen atoms in total. The average molecular weight is 290 g/mol. The van der Waals surface area contributed by atoms with E-state index in [-0.39, 0.29) is 0 Å². The predicted octanol–water partition coefficient (Wildman–Crippen LogP) is 3.65. The summed E-state index contributed by atoms with van der Waals surface area (Å²) in [6.07, 6.45) is 1.77. The average Bonchev–Trinajstić information content (AvgIpc) is 2.96. The monoisotopic (exact) mass is 290 g/mol. The zero-order valence-electron chi connectivity index (χ0n) is 10.8. The maximum absolute atomic E-state index is 10.3. The van der Waals surface area contributed by atoms with Crippen molar-refractivity contribution in [3.8, 4) is 0 Å². The number of pyridine rings is 1. The summed E-state index contributed by atoms with van der Waals surface area (Å²) in [4.78, 5) is 10.0. The minimum absolute atomic E-state index is 0.538. The van der Waals surface area contributed by atoms with E-state index in [2.05, 4.69) is 16.9 Å². The first kappa shape index (κ1) is 12.7. The second-order valence-corrected chi connectivity index (χ2v) is 6.78. The van der Waals surface area contributed by atoms with Gasteiger partial charge in [0.05, 0.1) is 27.0 Å². The van der Waals surface area contributed by atoms with E-state index < -0.39 is 6.10 Å². The smallest absolute Gasteiger partial charge is 0.0960 e. The molecule has 0 saturated heterocycles. The van der Waals surface area contributed by atoms with Crippen LogP contribution in [0.2, 0.25) is 0 Å². The maximum atomic E-state index is 10.3. The van der Waals surface area contributed by atoms with Crippen molar-refractivity contribution in [2.24, 2.45) is 0 Å². The van der Waals surface area contributed by atoms with Gasteiger partial charge in [-0.15, -0.1) is 22.7 Å². The number of nitrogens with zero attached hydrogens (tertiary/aromatic N) is 2. The van der Waals surface area contributed by atoms with Crippen molar-refractivity contribution < 1.29 is 5.11 Å². The lowest BCUT2D eigenvalue weighted by Crippen LogP contribution is -2.02. The maximum Gasteiger partial charge on any atom is 0.0960 e. The lowest BCUT2D eigenvalue weighted by Gasteiger charge is -2.08. The molecule has 19 heavy (non-hydrogen) atoms. The van der Waals surface area contributed by atoms with E-state index in [1.165, 1.54) is 4.88 Å². The first-order valence-electron chi connectivity index (χ1n) is 6.07. The Labute approximate surface area is 119 Å². The lowest BCUT2D eigenvalue weighted by molar-refractivity contribution is 0.178. The number of aromatic nitrogens is 2. The topological polar surface area (TPSA) is 46.0 Å². The van der Waals surface area contributed by atoms with Crippen LogP contribution in [0.5, 0.6) is 0 Å². The largest absolute Gasteiger partial charge is 0.388 e. The summed E-state index contributed by atoms with van der Waals surface area (Å²) >= 11 is 3.30. The molecule has 98 valence electrons. The molecule has 3 rings (SSSR count). The summed E-state index contributed by atoms with van der Waals surface area (Å²) in [6, 6.07) is 4.01. The number of thiazole rings is 1. The van der Waals surface area contributed by atoms with Crippen LogP contribution < -0.4 is 0 Å². The highest BCUT2D eigenvalue weighted by atomic mass is 32.1. The Kier molecular flexibility index (Phi) is 3.35. The van der Waals surface area contributed by atoms with Crippen molar-refractivity contribution in [1.82, 2.24) is 9.97 Å². The molecule has 3 aromatic rings. The number of thiophene rings is 1. The van der Waals surface area contributed by atoms with E-state index in [9.17, 15) is 5.11 Å². The third-order valence-electron chi connectivity index (χ3n) is 3.15. The van der Waals surface area contributed by atoms with Gasteiger partial charge in [0.15, 0.2) is 0 Å². The summed E-state index contributed by atoms with van der Waals surface area (Å²) in [7, 11) is 0. The molecule has 1 atom stereocenters. The summed E-state index contributed by atoms with van der Waals surface area (Å²) in [5, 5.41) is 13.3. The van der Waals surface area contributed by atoms with Gasteiger partial charge in [0.25, 0.3) is 0 Å². The van der Waals surface area contributed by atoms with Crippen LogP contribution >= 0.6 is 22.7 Å². The van der Waals surface area contributed by atoms with Crippen molar-refractivity contribution in [2.75, 3.05) is 0 Å².